The third-order valence-electron chi connectivity index (χ3n) is 3.94. The average Bonchev–Trinajstić information content (AvgIpc) is 2.24. The van der Waals surface area contributed by atoms with Crippen molar-refractivity contribution in [2.24, 2.45) is 5.41 Å². The molecule has 4 nitrogen and oxygen atoms in total. The van der Waals surface area contributed by atoms with Gasteiger partial charge in [-0.25, -0.2) is 0 Å². The van der Waals surface area contributed by atoms with Gasteiger partial charge in [-0.05, 0) is 24.7 Å². The van der Waals surface area contributed by atoms with Gasteiger partial charge >= 0.3 is 0 Å². The van der Waals surface area contributed by atoms with Gasteiger partial charge in [-0.15, -0.1) is 0 Å². The lowest BCUT2D eigenvalue weighted by Gasteiger charge is -2.41. The Hall–Kier alpha value is -0.160. The van der Waals surface area contributed by atoms with Gasteiger partial charge in [0.05, 0.1) is 12.2 Å². The Labute approximate surface area is 97.2 Å². The van der Waals surface area contributed by atoms with Crippen molar-refractivity contribution in [2.45, 2.75) is 38.4 Å². The second-order valence-corrected chi connectivity index (χ2v) is 5.58. The molecule has 0 unspecified atom stereocenters. The smallest absolute Gasteiger partial charge is 0.0926 e. The molecule has 0 aliphatic carbocycles. The summed E-state index contributed by atoms with van der Waals surface area (Å²) in [6, 6.07) is 0. The molecular formula is C12H23NO3. The quantitative estimate of drug-likeness (QED) is 0.712. The molecule has 2 N–H and O–H groups in total. The van der Waals surface area contributed by atoms with Crippen LogP contribution in [0.2, 0.25) is 0 Å². The first kappa shape index (κ1) is 12.3. The highest BCUT2D eigenvalue weighted by Crippen LogP contribution is 2.31. The third kappa shape index (κ3) is 2.94. The number of ether oxygens (including phenoxy) is 1. The Morgan fingerprint density at radius 3 is 2.56 bits per heavy atom. The number of β-amino-alcohol motifs (C(OH)–C–C–N with tert-alkyl or cyclic N) is 1. The van der Waals surface area contributed by atoms with Crippen molar-refractivity contribution in [1.29, 1.82) is 0 Å². The van der Waals surface area contributed by atoms with Gasteiger partial charge in [0.25, 0.3) is 0 Å². The minimum absolute atomic E-state index is 0.320. The number of hydrogen-bond acceptors (Lipinski definition) is 4. The van der Waals surface area contributed by atoms with E-state index in [0.29, 0.717) is 18.4 Å². The molecule has 2 aliphatic heterocycles. The molecule has 0 aromatic carbocycles. The largest absolute Gasteiger partial charge is 0.390 e. The lowest BCUT2D eigenvalue weighted by Crippen LogP contribution is -2.50. The maximum Gasteiger partial charge on any atom is 0.0926 e. The number of likely N-dealkylation sites (tertiary alicyclic amines) is 1. The minimum atomic E-state index is -0.572. The molecule has 4 heteroatoms. The number of aliphatic hydroxyl groups excluding tert-OH is 2. The number of hydrogen-bond donors (Lipinski definition) is 2. The summed E-state index contributed by atoms with van der Waals surface area (Å²) >= 11 is 0. The van der Waals surface area contributed by atoms with Gasteiger partial charge in [0, 0.05) is 32.8 Å². The first-order chi connectivity index (χ1) is 7.59. The Bertz CT molecular complexity index is 228. The van der Waals surface area contributed by atoms with Crippen LogP contribution in [0.1, 0.15) is 26.2 Å². The van der Waals surface area contributed by atoms with Crippen LogP contribution < -0.4 is 0 Å². The lowest BCUT2D eigenvalue weighted by molar-refractivity contribution is -0.0583. The number of piperidine rings is 1. The summed E-state index contributed by atoms with van der Waals surface area (Å²) in [6.45, 7) is 6.53. The summed E-state index contributed by atoms with van der Waals surface area (Å²) in [5, 5.41) is 19.1. The Morgan fingerprint density at radius 1 is 1.25 bits per heavy atom. The summed E-state index contributed by atoms with van der Waals surface area (Å²) in [5.41, 5.74) is 0.320. The molecular weight excluding hydrogens is 206 g/mol. The van der Waals surface area contributed by atoms with Gasteiger partial charge in [0.1, 0.15) is 0 Å². The molecule has 2 saturated heterocycles. The monoisotopic (exact) mass is 229 g/mol. The first-order valence-corrected chi connectivity index (χ1v) is 6.25. The molecule has 0 bridgehead atoms. The highest BCUT2D eigenvalue weighted by Gasteiger charge is 2.33. The van der Waals surface area contributed by atoms with E-state index in [1.807, 2.05) is 0 Å². The van der Waals surface area contributed by atoms with Crippen LogP contribution in [0.3, 0.4) is 0 Å². The molecule has 16 heavy (non-hydrogen) atoms. The highest BCUT2D eigenvalue weighted by atomic mass is 16.5. The fourth-order valence-electron chi connectivity index (χ4n) is 2.69. The molecule has 0 saturated carbocycles. The zero-order valence-corrected chi connectivity index (χ0v) is 10.1. The summed E-state index contributed by atoms with van der Waals surface area (Å²) in [6.07, 6.45) is 1.79. The molecule has 0 spiro atoms. The molecule has 94 valence electrons. The summed E-state index contributed by atoms with van der Waals surface area (Å²) in [5.74, 6) is 0. The zero-order valence-electron chi connectivity index (χ0n) is 10.1. The molecule has 2 fully saturated rings. The summed E-state index contributed by atoms with van der Waals surface area (Å²) in [7, 11) is 0. The fraction of sp³-hybridized carbons (Fsp3) is 1.00. The zero-order chi connectivity index (χ0) is 11.6. The van der Waals surface area contributed by atoms with Crippen LogP contribution in [0.5, 0.6) is 0 Å². The van der Waals surface area contributed by atoms with Crippen LogP contribution in [0.15, 0.2) is 0 Å². The topological polar surface area (TPSA) is 52.9 Å². The highest BCUT2D eigenvalue weighted by molar-refractivity contribution is 4.86. The van der Waals surface area contributed by atoms with Gasteiger partial charge in [0.15, 0.2) is 0 Å². The van der Waals surface area contributed by atoms with Crippen molar-refractivity contribution in [1.82, 2.24) is 4.90 Å². The average molecular weight is 229 g/mol. The summed E-state index contributed by atoms with van der Waals surface area (Å²) < 4.78 is 5.38. The predicted molar refractivity (Wildman–Crippen MR) is 61.2 cm³/mol. The van der Waals surface area contributed by atoms with Crippen LogP contribution in [0, 0.1) is 5.41 Å². The van der Waals surface area contributed by atoms with Gasteiger partial charge in [0.2, 0.25) is 0 Å². The van der Waals surface area contributed by atoms with Crippen LogP contribution >= 0.6 is 0 Å². The van der Waals surface area contributed by atoms with Gasteiger partial charge in [-0.3, -0.25) is 0 Å². The Balaban J connectivity index is 1.84. The maximum atomic E-state index is 9.65. The lowest BCUT2D eigenvalue weighted by atomic mass is 9.81. The van der Waals surface area contributed by atoms with E-state index < -0.39 is 12.2 Å². The fourth-order valence-corrected chi connectivity index (χ4v) is 2.69. The molecule has 2 aliphatic rings. The number of aliphatic hydroxyl groups is 2. The molecule has 0 amide bonds. The van der Waals surface area contributed by atoms with Gasteiger partial charge < -0.3 is 19.8 Å². The second-order valence-electron chi connectivity index (χ2n) is 5.58. The van der Waals surface area contributed by atoms with Gasteiger partial charge in [-0.2, -0.15) is 0 Å². The molecule has 0 radical (unpaired) electrons. The third-order valence-corrected chi connectivity index (χ3v) is 3.94. The van der Waals surface area contributed by atoms with E-state index in [2.05, 4.69) is 11.8 Å². The SMILES string of the molecule is CC1(CN2CC[C@H](O)[C@H](O)C2)CCOCC1. The standard InChI is InChI=1S/C12H23NO3/c1-12(3-6-16-7-4-12)9-13-5-2-10(14)11(15)8-13/h10-11,14-15H,2-9H2,1H3/t10-,11+/m0/s1. The summed E-state index contributed by atoms with van der Waals surface area (Å²) in [4.78, 5) is 2.28. The Kier molecular flexibility index (Phi) is 3.85. The number of nitrogens with zero attached hydrogens (tertiary/aromatic N) is 1. The van der Waals surface area contributed by atoms with Crippen LogP contribution in [-0.2, 0) is 4.74 Å². The van der Waals surface area contributed by atoms with Crippen molar-refractivity contribution in [2.75, 3.05) is 32.8 Å². The number of rotatable bonds is 2. The molecule has 2 heterocycles. The predicted octanol–water partition coefficient (Wildman–Crippen LogP) is 0.231. The van der Waals surface area contributed by atoms with E-state index >= 15 is 0 Å². The van der Waals surface area contributed by atoms with Crippen molar-refractivity contribution < 1.29 is 14.9 Å². The first-order valence-electron chi connectivity index (χ1n) is 6.25. The van der Waals surface area contributed by atoms with Gasteiger partial charge in [-0.1, -0.05) is 6.92 Å². The molecule has 2 rings (SSSR count). The Morgan fingerprint density at radius 2 is 1.94 bits per heavy atom. The van der Waals surface area contributed by atoms with Crippen molar-refractivity contribution in [3.63, 3.8) is 0 Å². The van der Waals surface area contributed by atoms with Crippen LogP contribution in [0.4, 0.5) is 0 Å². The molecule has 0 aromatic heterocycles. The van der Waals surface area contributed by atoms with Crippen LogP contribution in [-0.4, -0.2) is 60.2 Å². The van der Waals surface area contributed by atoms with E-state index in [1.165, 1.54) is 0 Å². The minimum Gasteiger partial charge on any atom is -0.390 e. The molecule has 0 aromatic rings. The van der Waals surface area contributed by atoms with Crippen molar-refractivity contribution in [3.05, 3.63) is 0 Å². The van der Waals surface area contributed by atoms with E-state index in [1.54, 1.807) is 0 Å². The molecule has 2 atom stereocenters. The van der Waals surface area contributed by atoms with Crippen molar-refractivity contribution >= 4 is 0 Å². The van der Waals surface area contributed by atoms with Crippen molar-refractivity contribution in [3.8, 4) is 0 Å². The maximum absolute atomic E-state index is 9.65. The van der Waals surface area contributed by atoms with E-state index in [9.17, 15) is 10.2 Å². The van der Waals surface area contributed by atoms with E-state index in [-0.39, 0.29) is 0 Å². The second kappa shape index (κ2) is 5.00. The van der Waals surface area contributed by atoms with Crippen LogP contribution in [0.25, 0.3) is 0 Å². The normalized spacial score (nSPS) is 36.2. The van der Waals surface area contributed by atoms with E-state index in [4.69, 9.17) is 4.74 Å². The van der Waals surface area contributed by atoms with E-state index in [0.717, 1.165) is 39.1 Å².